The highest BCUT2D eigenvalue weighted by Gasteiger charge is 2.15. The van der Waals surface area contributed by atoms with Gasteiger partial charge in [-0.05, 0) is 18.2 Å². The summed E-state index contributed by atoms with van der Waals surface area (Å²) in [6.45, 7) is 1.52. The van der Waals surface area contributed by atoms with Crippen molar-refractivity contribution in [3.05, 3.63) is 47.9 Å². The number of hydrogen-bond acceptors (Lipinski definition) is 5. The zero-order valence-corrected chi connectivity index (χ0v) is 11.4. The van der Waals surface area contributed by atoms with Crippen molar-refractivity contribution in [3.63, 3.8) is 0 Å². The third-order valence-corrected chi connectivity index (χ3v) is 2.67. The van der Waals surface area contributed by atoms with Crippen molar-refractivity contribution in [3.8, 4) is 5.75 Å². The molecule has 0 atom stereocenters. The van der Waals surface area contributed by atoms with Crippen LogP contribution in [0.3, 0.4) is 0 Å². The molecule has 110 valence electrons. The lowest BCUT2D eigenvalue weighted by molar-refractivity contribution is -0.114. The summed E-state index contributed by atoms with van der Waals surface area (Å²) in [4.78, 5) is 22.6. The number of rotatable bonds is 5. The predicted octanol–water partition coefficient (Wildman–Crippen LogP) is 1.42. The standard InChI is InChI=1S/C14H15N3O4/c1-9(18)16-11-4-2-3-5-12(11)21-8-10-6-7-20-13(10)14(19)17-15/h2-7H,8,15H2,1H3,(H,16,18)(H,17,19). The molecule has 2 aromatic rings. The summed E-state index contributed by atoms with van der Waals surface area (Å²) in [7, 11) is 0. The van der Waals surface area contributed by atoms with Gasteiger partial charge in [-0.25, -0.2) is 5.84 Å². The van der Waals surface area contributed by atoms with E-state index in [-0.39, 0.29) is 18.3 Å². The van der Waals surface area contributed by atoms with E-state index in [1.165, 1.54) is 13.2 Å². The van der Waals surface area contributed by atoms with Gasteiger partial charge in [-0.2, -0.15) is 0 Å². The smallest absolute Gasteiger partial charge is 0.301 e. The molecule has 0 saturated carbocycles. The largest absolute Gasteiger partial charge is 0.487 e. The first-order valence-corrected chi connectivity index (χ1v) is 6.18. The molecule has 0 fully saturated rings. The van der Waals surface area contributed by atoms with E-state index in [1.54, 1.807) is 30.3 Å². The summed E-state index contributed by atoms with van der Waals surface area (Å²) in [6.07, 6.45) is 1.38. The first-order chi connectivity index (χ1) is 10.1. The molecule has 0 unspecified atom stereocenters. The zero-order chi connectivity index (χ0) is 15.2. The molecular formula is C14H15N3O4. The molecule has 2 amide bonds. The number of para-hydroxylation sites is 2. The van der Waals surface area contributed by atoms with Crippen molar-refractivity contribution >= 4 is 17.5 Å². The topological polar surface area (TPSA) is 107 Å². The van der Waals surface area contributed by atoms with E-state index in [4.69, 9.17) is 15.0 Å². The molecule has 7 heteroatoms. The molecule has 1 aromatic carbocycles. The normalized spacial score (nSPS) is 10.0. The number of carbonyl (C=O) groups is 2. The minimum atomic E-state index is -0.534. The number of carbonyl (C=O) groups excluding carboxylic acids is 2. The molecule has 0 saturated heterocycles. The number of hydrogen-bond donors (Lipinski definition) is 3. The van der Waals surface area contributed by atoms with E-state index in [0.717, 1.165) is 0 Å². The number of nitrogens with one attached hydrogen (secondary N) is 2. The first-order valence-electron chi connectivity index (χ1n) is 6.18. The summed E-state index contributed by atoms with van der Waals surface area (Å²) >= 11 is 0. The Kier molecular flexibility index (Phi) is 4.57. The molecule has 7 nitrogen and oxygen atoms in total. The van der Waals surface area contributed by atoms with E-state index in [1.807, 2.05) is 5.43 Å². The molecule has 0 spiro atoms. The fourth-order valence-electron chi connectivity index (χ4n) is 1.76. The molecule has 2 rings (SSSR count). The number of benzene rings is 1. The van der Waals surface area contributed by atoms with E-state index in [0.29, 0.717) is 17.0 Å². The Hall–Kier alpha value is -2.80. The Morgan fingerprint density at radius 1 is 1.29 bits per heavy atom. The van der Waals surface area contributed by atoms with Crippen LogP contribution in [0.2, 0.25) is 0 Å². The monoisotopic (exact) mass is 289 g/mol. The molecule has 0 bridgehead atoms. The number of nitrogen functional groups attached to an aromatic ring is 1. The number of ether oxygens (including phenoxy) is 1. The van der Waals surface area contributed by atoms with E-state index >= 15 is 0 Å². The van der Waals surface area contributed by atoms with Gasteiger partial charge in [-0.1, -0.05) is 12.1 Å². The second-order valence-corrected chi connectivity index (χ2v) is 4.21. The predicted molar refractivity (Wildman–Crippen MR) is 75.4 cm³/mol. The van der Waals surface area contributed by atoms with Gasteiger partial charge < -0.3 is 14.5 Å². The van der Waals surface area contributed by atoms with Crippen LogP contribution in [0.4, 0.5) is 5.69 Å². The number of amides is 2. The summed E-state index contributed by atoms with van der Waals surface area (Å²) in [5.41, 5.74) is 3.10. The average molecular weight is 289 g/mol. The minimum absolute atomic E-state index is 0.0921. The molecule has 21 heavy (non-hydrogen) atoms. The highest BCUT2D eigenvalue weighted by Crippen LogP contribution is 2.25. The van der Waals surface area contributed by atoms with Crippen LogP contribution >= 0.6 is 0 Å². The fraction of sp³-hybridized carbons (Fsp3) is 0.143. The van der Waals surface area contributed by atoms with Crippen LogP contribution in [0.5, 0.6) is 5.75 Å². The van der Waals surface area contributed by atoms with Crippen molar-refractivity contribution in [2.24, 2.45) is 5.84 Å². The molecule has 0 aliphatic heterocycles. The van der Waals surface area contributed by atoms with Gasteiger partial charge in [0.2, 0.25) is 5.91 Å². The second kappa shape index (κ2) is 6.58. The quantitative estimate of drug-likeness (QED) is 0.438. The molecule has 0 radical (unpaired) electrons. The third-order valence-electron chi connectivity index (χ3n) is 2.67. The summed E-state index contributed by atoms with van der Waals surface area (Å²) in [6, 6.07) is 8.62. The summed E-state index contributed by atoms with van der Waals surface area (Å²) in [5, 5.41) is 2.67. The van der Waals surface area contributed by atoms with Crippen molar-refractivity contribution in [2.75, 3.05) is 5.32 Å². The van der Waals surface area contributed by atoms with Gasteiger partial charge in [0.05, 0.1) is 12.0 Å². The lowest BCUT2D eigenvalue weighted by atomic mass is 10.2. The SMILES string of the molecule is CC(=O)Nc1ccccc1OCc1ccoc1C(=O)NN. The first kappa shape index (κ1) is 14.6. The lowest BCUT2D eigenvalue weighted by Crippen LogP contribution is -2.30. The van der Waals surface area contributed by atoms with Gasteiger partial charge in [-0.3, -0.25) is 15.0 Å². The number of anilines is 1. The van der Waals surface area contributed by atoms with Crippen molar-refractivity contribution in [1.82, 2.24) is 5.43 Å². The highest BCUT2D eigenvalue weighted by molar-refractivity contribution is 5.92. The molecular weight excluding hydrogens is 274 g/mol. The van der Waals surface area contributed by atoms with Crippen LogP contribution in [0, 0.1) is 0 Å². The molecule has 0 aliphatic rings. The van der Waals surface area contributed by atoms with Gasteiger partial charge in [-0.15, -0.1) is 0 Å². The van der Waals surface area contributed by atoms with Crippen LogP contribution in [-0.4, -0.2) is 11.8 Å². The van der Waals surface area contributed by atoms with Gasteiger partial charge >= 0.3 is 5.91 Å². The Balaban J connectivity index is 2.12. The summed E-state index contributed by atoms with van der Waals surface area (Å²) < 4.78 is 10.7. The van der Waals surface area contributed by atoms with Crippen LogP contribution in [0.15, 0.2) is 41.0 Å². The Labute approximate surface area is 121 Å². The summed E-state index contributed by atoms with van der Waals surface area (Å²) in [5.74, 6) is 4.93. The van der Waals surface area contributed by atoms with Gasteiger partial charge in [0, 0.05) is 12.5 Å². The van der Waals surface area contributed by atoms with Crippen molar-refractivity contribution in [2.45, 2.75) is 13.5 Å². The number of nitrogens with two attached hydrogens (primary N) is 1. The Morgan fingerprint density at radius 2 is 2.05 bits per heavy atom. The van der Waals surface area contributed by atoms with E-state index < -0.39 is 5.91 Å². The Morgan fingerprint density at radius 3 is 2.76 bits per heavy atom. The zero-order valence-electron chi connectivity index (χ0n) is 11.4. The lowest BCUT2D eigenvalue weighted by Gasteiger charge is -2.11. The maximum atomic E-state index is 11.5. The van der Waals surface area contributed by atoms with Crippen LogP contribution < -0.4 is 21.3 Å². The van der Waals surface area contributed by atoms with Crippen molar-refractivity contribution < 1.29 is 18.7 Å². The third kappa shape index (κ3) is 3.61. The Bertz CT molecular complexity index is 651. The molecule has 1 heterocycles. The van der Waals surface area contributed by atoms with E-state index in [2.05, 4.69) is 5.32 Å². The minimum Gasteiger partial charge on any atom is -0.487 e. The van der Waals surface area contributed by atoms with Gasteiger partial charge in [0.15, 0.2) is 5.76 Å². The number of furan rings is 1. The van der Waals surface area contributed by atoms with Crippen LogP contribution in [0.25, 0.3) is 0 Å². The van der Waals surface area contributed by atoms with Gasteiger partial charge in [0.1, 0.15) is 12.4 Å². The maximum absolute atomic E-state index is 11.5. The van der Waals surface area contributed by atoms with Crippen LogP contribution in [-0.2, 0) is 11.4 Å². The van der Waals surface area contributed by atoms with Gasteiger partial charge in [0.25, 0.3) is 0 Å². The van der Waals surface area contributed by atoms with Crippen molar-refractivity contribution in [1.29, 1.82) is 0 Å². The van der Waals surface area contributed by atoms with E-state index in [9.17, 15) is 9.59 Å². The molecule has 1 aromatic heterocycles. The second-order valence-electron chi connectivity index (χ2n) is 4.21. The molecule has 4 N–H and O–H groups in total. The maximum Gasteiger partial charge on any atom is 0.301 e. The average Bonchev–Trinajstić information content (AvgIpc) is 2.93. The fourth-order valence-corrected chi connectivity index (χ4v) is 1.76. The highest BCUT2D eigenvalue weighted by atomic mass is 16.5. The molecule has 0 aliphatic carbocycles. The van der Waals surface area contributed by atoms with Crippen LogP contribution in [0.1, 0.15) is 23.0 Å². The number of hydrazine groups is 1.